The summed E-state index contributed by atoms with van der Waals surface area (Å²) in [6.45, 7) is 2.42. The molecule has 0 N–H and O–H groups in total. The van der Waals surface area contributed by atoms with E-state index in [0.717, 1.165) is 10.6 Å². The molecular weight excluding hydrogens is 436 g/mol. The van der Waals surface area contributed by atoms with Crippen LogP contribution >= 0.6 is 11.3 Å². The summed E-state index contributed by atoms with van der Waals surface area (Å²) in [4.78, 5) is 21.2. The minimum Gasteiger partial charge on any atom is -0.459 e. The second-order valence-electron chi connectivity index (χ2n) is 7.53. The van der Waals surface area contributed by atoms with Gasteiger partial charge in [-0.2, -0.15) is 4.31 Å². The lowest BCUT2D eigenvalue weighted by Gasteiger charge is -2.29. The summed E-state index contributed by atoms with van der Waals surface area (Å²) >= 11 is 1.51. The number of sulfonamides is 1. The predicted molar refractivity (Wildman–Crippen MR) is 117 cm³/mol. The van der Waals surface area contributed by atoms with Gasteiger partial charge >= 0.3 is 5.97 Å². The first-order chi connectivity index (χ1) is 14.8. The topological polar surface area (TPSA) is 94.4 Å². The third-order valence-electron chi connectivity index (χ3n) is 5.41. The predicted octanol–water partition coefficient (Wildman–Crippen LogP) is 3.00. The summed E-state index contributed by atoms with van der Waals surface area (Å²) in [6.07, 6.45) is 2.37. The summed E-state index contributed by atoms with van der Waals surface area (Å²) in [5, 5.41) is 2.82. The van der Waals surface area contributed by atoms with E-state index in [4.69, 9.17) is 4.74 Å². The maximum absolute atomic E-state index is 12.8. The number of thiazole rings is 1. The van der Waals surface area contributed by atoms with E-state index in [9.17, 15) is 13.2 Å². The Bertz CT molecular complexity index is 1140. The molecule has 4 rings (SSSR count). The van der Waals surface area contributed by atoms with Crippen LogP contribution in [-0.4, -0.2) is 46.3 Å². The Balaban J connectivity index is 1.30. The van der Waals surface area contributed by atoms with Gasteiger partial charge in [-0.25, -0.2) is 18.4 Å². The Hall–Kier alpha value is -2.56. The number of carbonyl (C=O) groups is 1. The average molecular weight is 461 g/mol. The molecule has 0 saturated carbocycles. The number of imidazole rings is 1. The van der Waals surface area contributed by atoms with Crippen LogP contribution in [0.4, 0.5) is 0 Å². The van der Waals surface area contributed by atoms with Crippen LogP contribution in [-0.2, 0) is 33.2 Å². The molecule has 1 aliphatic rings. The van der Waals surface area contributed by atoms with Crippen LogP contribution in [0.1, 0.15) is 24.4 Å². The van der Waals surface area contributed by atoms with Crippen molar-refractivity contribution in [3.8, 4) is 10.6 Å². The molecule has 8 nitrogen and oxygen atoms in total. The van der Waals surface area contributed by atoms with Crippen molar-refractivity contribution < 1.29 is 17.9 Å². The number of ether oxygens (including phenoxy) is 1. The molecule has 1 fully saturated rings. The van der Waals surface area contributed by atoms with Crippen LogP contribution in [0, 0.1) is 12.8 Å². The highest BCUT2D eigenvalue weighted by molar-refractivity contribution is 7.89. The van der Waals surface area contributed by atoms with E-state index in [2.05, 4.69) is 9.97 Å². The van der Waals surface area contributed by atoms with Crippen LogP contribution in [0.5, 0.6) is 0 Å². The lowest BCUT2D eigenvalue weighted by Crippen LogP contribution is -2.40. The Morgan fingerprint density at radius 1 is 1.19 bits per heavy atom. The van der Waals surface area contributed by atoms with Gasteiger partial charge in [0.15, 0.2) is 5.03 Å². The lowest BCUT2D eigenvalue weighted by molar-refractivity contribution is -0.151. The zero-order valence-corrected chi connectivity index (χ0v) is 19.0. The Morgan fingerprint density at radius 3 is 2.55 bits per heavy atom. The molecule has 0 spiro atoms. The minimum absolute atomic E-state index is 0.0475. The third-order valence-corrected chi connectivity index (χ3v) is 8.12. The Morgan fingerprint density at radius 2 is 1.90 bits per heavy atom. The summed E-state index contributed by atoms with van der Waals surface area (Å²) in [5.41, 5.74) is 1.74. The molecule has 1 saturated heterocycles. The van der Waals surface area contributed by atoms with Crippen molar-refractivity contribution in [1.29, 1.82) is 0 Å². The number of nitrogens with zero attached hydrogens (tertiary/aromatic N) is 4. The molecule has 3 heterocycles. The van der Waals surface area contributed by atoms with Crippen LogP contribution in [0.2, 0.25) is 0 Å². The number of piperidine rings is 1. The first-order valence-corrected chi connectivity index (χ1v) is 12.3. The van der Waals surface area contributed by atoms with E-state index in [1.807, 2.05) is 35.7 Å². The van der Waals surface area contributed by atoms with Crippen LogP contribution in [0.15, 0.2) is 46.9 Å². The number of aryl methyl sites for hydroxylation is 2. The molecule has 0 unspecified atom stereocenters. The van der Waals surface area contributed by atoms with Crippen molar-refractivity contribution in [2.45, 2.75) is 31.4 Å². The fourth-order valence-corrected chi connectivity index (χ4v) is 5.77. The summed E-state index contributed by atoms with van der Waals surface area (Å²) in [6, 6.07) is 9.84. The molecule has 3 aromatic rings. The lowest BCUT2D eigenvalue weighted by atomic mass is 9.98. The maximum Gasteiger partial charge on any atom is 0.309 e. The number of hydrogen-bond donors (Lipinski definition) is 0. The van der Waals surface area contributed by atoms with Crippen molar-refractivity contribution in [1.82, 2.24) is 18.8 Å². The molecular formula is C21H24N4O4S2. The van der Waals surface area contributed by atoms with Gasteiger partial charge in [0.25, 0.3) is 10.0 Å². The van der Waals surface area contributed by atoms with Gasteiger partial charge in [0, 0.05) is 37.3 Å². The zero-order valence-electron chi connectivity index (χ0n) is 17.4. The van der Waals surface area contributed by atoms with Gasteiger partial charge in [0.1, 0.15) is 17.4 Å². The monoisotopic (exact) mass is 460 g/mol. The molecule has 10 heteroatoms. The summed E-state index contributed by atoms with van der Waals surface area (Å²) in [7, 11) is -1.89. The SMILES string of the molecule is Cc1nc(S(=O)(=O)N2CCC(C(=O)OCc3csc(-c4ccccc4)n3)CC2)cn1C. The summed E-state index contributed by atoms with van der Waals surface area (Å²) in [5.74, 6) is 0.0126. The first-order valence-electron chi connectivity index (χ1n) is 10.0. The smallest absolute Gasteiger partial charge is 0.309 e. The normalized spacial score (nSPS) is 15.8. The van der Waals surface area contributed by atoms with Gasteiger partial charge in [-0.3, -0.25) is 4.79 Å². The van der Waals surface area contributed by atoms with Crippen LogP contribution in [0.3, 0.4) is 0 Å². The van der Waals surface area contributed by atoms with E-state index < -0.39 is 10.0 Å². The van der Waals surface area contributed by atoms with E-state index >= 15 is 0 Å². The number of esters is 1. The first kappa shape index (κ1) is 21.7. The molecule has 31 heavy (non-hydrogen) atoms. The molecule has 0 radical (unpaired) electrons. The fraction of sp³-hybridized carbons (Fsp3) is 0.381. The highest BCUT2D eigenvalue weighted by Crippen LogP contribution is 2.26. The molecule has 1 aliphatic heterocycles. The van der Waals surface area contributed by atoms with Gasteiger partial charge in [-0.05, 0) is 19.8 Å². The quantitative estimate of drug-likeness (QED) is 0.525. The average Bonchev–Trinajstić information content (AvgIpc) is 3.40. The Labute approximate surface area is 185 Å². The van der Waals surface area contributed by atoms with Crippen molar-refractivity contribution >= 4 is 27.3 Å². The Kier molecular flexibility index (Phi) is 6.22. The van der Waals surface area contributed by atoms with Crippen molar-refractivity contribution in [3.05, 3.63) is 53.4 Å². The van der Waals surface area contributed by atoms with Crippen LogP contribution in [0.25, 0.3) is 10.6 Å². The fourth-order valence-electron chi connectivity index (χ4n) is 3.46. The molecule has 0 aliphatic carbocycles. The maximum atomic E-state index is 12.8. The zero-order chi connectivity index (χ0) is 22.0. The highest BCUT2D eigenvalue weighted by atomic mass is 32.2. The number of hydrogen-bond acceptors (Lipinski definition) is 7. The van der Waals surface area contributed by atoms with E-state index in [0.29, 0.717) is 24.4 Å². The molecule has 1 aromatic carbocycles. The van der Waals surface area contributed by atoms with Crippen molar-refractivity contribution in [3.63, 3.8) is 0 Å². The summed E-state index contributed by atoms with van der Waals surface area (Å²) < 4.78 is 34.1. The third kappa shape index (κ3) is 4.70. The van der Waals surface area contributed by atoms with Gasteiger partial charge in [-0.15, -0.1) is 11.3 Å². The standard InChI is InChI=1S/C21H24N4O4S2/c1-15-22-19(12-24(15)2)31(27,28)25-10-8-17(9-11-25)21(26)29-13-18-14-30-20(23-18)16-6-4-3-5-7-16/h3-7,12,14,17H,8-11,13H2,1-2H3. The molecule has 164 valence electrons. The second kappa shape index (κ2) is 8.89. The minimum atomic E-state index is -3.65. The molecule has 2 aromatic heterocycles. The van der Waals surface area contributed by atoms with E-state index in [1.54, 1.807) is 18.5 Å². The van der Waals surface area contributed by atoms with Gasteiger partial charge in [-0.1, -0.05) is 30.3 Å². The number of rotatable bonds is 6. The number of aromatic nitrogens is 3. The highest BCUT2D eigenvalue weighted by Gasteiger charge is 2.34. The van der Waals surface area contributed by atoms with Crippen molar-refractivity contribution in [2.24, 2.45) is 13.0 Å². The van der Waals surface area contributed by atoms with Gasteiger partial charge in [0.05, 0.1) is 11.6 Å². The van der Waals surface area contributed by atoms with E-state index in [1.165, 1.54) is 21.8 Å². The molecule has 0 bridgehead atoms. The largest absolute Gasteiger partial charge is 0.459 e. The number of benzene rings is 1. The number of carbonyl (C=O) groups excluding carboxylic acids is 1. The van der Waals surface area contributed by atoms with Crippen molar-refractivity contribution in [2.75, 3.05) is 13.1 Å². The van der Waals surface area contributed by atoms with Gasteiger partial charge < -0.3 is 9.30 Å². The van der Waals surface area contributed by atoms with Gasteiger partial charge in [0.2, 0.25) is 0 Å². The molecule has 0 atom stereocenters. The van der Waals surface area contributed by atoms with E-state index in [-0.39, 0.29) is 36.6 Å². The second-order valence-corrected chi connectivity index (χ2v) is 10.3. The molecule has 0 amide bonds. The van der Waals surface area contributed by atoms with Crippen LogP contribution < -0.4 is 0 Å².